The maximum Gasteiger partial charge on any atom is 0.253 e. The summed E-state index contributed by atoms with van der Waals surface area (Å²) in [6.45, 7) is 3.41. The molecule has 0 atom stereocenters. The quantitative estimate of drug-likeness (QED) is 0.923. The van der Waals surface area contributed by atoms with Gasteiger partial charge in [-0.3, -0.25) is 9.69 Å². The molecule has 2 saturated heterocycles. The molecule has 2 aromatic rings. The van der Waals surface area contributed by atoms with Gasteiger partial charge >= 0.3 is 0 Å². The molecule has 0 radical (unpaired) electrons. The molecule has 1 amide bonds. The first-order valence-corrected chi connectivity index (χ1v) is 9.14. The molecule has 2 heterocycles. The van der Waals surface area contributed by atoms with E-state index in [1.54, 1.807) is 23.1 Å². The number of aromatic hydroxyl groups is 1. The Kier molecular flexibility index (Phi) is 4.66. The molecule has 0 saturated carbocycles. The molecule has 2 aromatic carbocycles. The molecular weight excluding hydrogens is 328 g/mol. The van der Waals surface area contributed by atoms with Crippen LogP contribution in [0.2, 0.25) is 0 Å². The Labute approximate surface area is 153 Å². The van der Waals surface area contributed by atoms with Crippen LogP contribution < -0.4 is 4.90 Å². The van der Waals surface area contributed by atoms with Crippen molar-refractivity contribution in [2.75, 3.05) is 31.1 Å². The van der Waals surface area contributed by atoms with Gasteiger partial charge in [0.1, 0.15) is 12.4 Å². The maximum atomic E-state index is 12.4. The van der Waals surface area contributed by atoms with Crippen LogP contribution in [0.4, 0.5) is 5.69 Å². The Hall–Kier alpha value is -2.37. The number of amides is 1. The number of nitrogens with zero attached hydrogens (tertiary/aromatic N) is 2. The zero-order valence-corrected chi connectivity index (χ0v) is 14.8. The van der Waals surface area contributed by atoms with Crippen LogP contribution in [-0.4, -0.2) is 47.8 Å². The van der Waals surface area contributed by atoms with Crippen LogP contribution in [0.3, 0.4) is 0 Å². The predicted octanol–water partition coefficient (Wildman–Crippen LogP) is 2.79. The first-order valence-electron chi connectivity index (χ1n) is 9.14. The second-order valence-electron chi connectivity index (χ2n) is 7.20. The number of phenols is 1. The number of morpholine rings is 1. The average molecular weight is 352 g/mol. The van der Waals surface area contributed by atoms with Gasteiger partial charge in [-0.2, -0.15) is 0 Å². The molecule has 0 unspecified atom stereocenters. The first-order chi connectivity index (χ1) is 12.7. The van der Waals surface area contributed by atoms with E-state index in [2.05, 4.69) is 29.2 Å². The van der Waals surface area contributed by atoms with E-state index in [4.69, 9.17) is 4.74 Å². The van der Waals surface area contributed by atoms with Crippen molar-refractivity contribution in [2.24, 2.45) is 0 Å². The molecular formula is C21H24N2O3. The highest BCUT2D eigenvalue weighted by atomic mass is 16.5. The molecule has 2 aliphatic heterocycles. The minimum atomic E-state index is -0.316. The smallest absolute Gasteiger partial charge is 0.253 e. The summed E-state index contributed by atoms with van der Waals surface area (Å²) in [6, 6.07) is 17.5. The number of benzene rings is 2. The van der Waals surface area contributed by atoms with Crippen molar-refractivity contribution in [2.45, 2.75) is 25.0 Å². The molecule has 1 spiro atoms. The number of anilines is 1. The Morgan fingerprint density at radius 2 is 1.69 bits per heavy atom. The number of carbonyl (C=O) groups excluding carboxylic acids is 1. The van der Waals surface area contributed by atoms with E-state index in [1.165, 1.54) is 5.56 Å². The number of para-hydroxylation sites is 2. The van der Waals surface area contributed by atoms with Gasteiger partial charge in [-0.1, -0.05) is 42.5 Å². The van der Waals surface area contributed by atoms with Crippen LogP contribution in [-0.2, 0) is 16.1 Å². The van der Waals surface area contributed by atoms with Gasteiger partial charge in [0.25, 0.3) is 5.91 Å². The topological polar surface area (TPSA) is 53.0 Å². The molecule has 136 valence electrons. The number of likely N-dealkylation sites (tertiary alicyclic amines) is 1. The van der Waals surface area contributed by atoms with E-state index in [0.29, 0.717) is 12.2 Å². The van der Waals surface area contributed by atoms with Gasteiger partial charge in [0.05, 0.1) is 17.8 Å². The summed E-state index contributed by atoms with van der Waals surface area (Å²) >= 11 is 0. The fourth-order valence-electron chi connectivity index (χ4n) is 3.89. The summed E-state index contributed by atoms with van der Waals surface area (Å²) in [7, 11) is 0. The van der Waals surface area contributed by atoms with E-state index in [1.807, 2.05) is 12.1 Å². The molecule has 5 heteroatoms. The van der Waals surface area contributed by atoms with Crippen molar-refractivity contribution in [1.29, 1.82) is 0 Å². The largest absolute Gasteiger partial charge is 0.506 e. The lowest BCUT2D eigenvalue weighted by atomic mass is 9.88. The third-order valence-corrected chi connectivity index (χ3v) is 5.44. The third-order valence-electron chi connectivity index (χ3n) is 5.44. The van der Waals surface area contributed by atoms with E-state index >= 15 is 0 Å². The molecule has 1 N–H and O–H groups in total. The summed E-state index contributed by atoms with van der Waals surface area (Å²) in [5.74, 6) is 0.0447. The fourth-order valence-corrected chi connectivity index (χ4v) is 3.89. The van der Waals surface area contributed by atoms with Crippen LogP contribution >= 0.6 is 0 Å². The summed E-state index contributed by atoms with van der Waals surface area (Å²) < 4.78 is 6.01. The summed E-state index contributed by atoms with van der Waals surface area (Å²) in [4.78, 5) is 16.5. The molecule has 0 bridgehead atoms. The van der Waals surface area contributed by atoms with Crippen molar-refractivity contribution < 1.29 is 14.6 Å². The van der Waals surface area contributed by atoms with E-state index < -0.39 is 0 Å². The van der Waals surface area contributed by atoms with Crippen molar-refractivity contribution >= 4 is 11.6 Å². The van der Waals surface area contributed by atoms with Crippen LogP contribution in [0.25, 0.3) is 0 Å². The van der Waals surface area contributed by atoms with Crippen molar-refractivity contribution in [3.8, 4) is 5.75 Å². The monoisotopic (exact) mass is 352 g/mol. The van der Waals surface area contributed by atoms with Crippen LogP contribution in [0.5, 0.6) is 5.75 Å². The Balaban J connectivity index is 1.43. The van der Waals surface area contributed by atoms with Gasteiger partial charge in [0.2, 0.25) is 0 Å². The standard InChI is InChI=1S/C21H24N2O3/c24-19-9-5-4-8-18(19)23-16-21(26-15-20(23)25)10-12-22(13-11-21)14-17-6-2-1-3-7-17/h1-9,24H,10-16H2. The highest BCUT2D eigenvalue weighted by Gasteiger charge is 2.43. The van der Waals surface area contributed by atoms with Crippen LogP contribution in [0.15, 0.2) is 54.6 Å². The molecule has 2 aliphatic rings. The number of phenolic OH excluding ortho intramolecular Hbond substituents is 1. The highest BCUT2D eigenvalue weighted by Crippen LogP contribution is 2.35. The van der Waals surface area contributed by atoms with Crippen LogP contribution in [0, 0.1) is 0 Å². The van der Waals surface area contributed by atoms with Crippen molar-refractivity contribution in [3.05, 3.63) is 60.2 Å². The maximum absolute atomic E-state index is 12.4. The number of hydrogen-bond acceptors (Lipinski definition) is 4. The molecule has 2 fully saturated rings. The van der Waals surface area contributed by atoms with Crippen molar-refractivity contribution in [1.82, 2.24) is 4.90 Å². The minimum Gasteiger partial charge on any atom is -0.506 e. The molecule has 0 aliphatic carbocycles. The number of carbonyl (C=O) groups is 1. The Morgan fingerprint density at radius 3 is 2.42 bits per heavy atom. The molecule has 4 rings (SSSR count). The summed E-state index contributed by atoms with van der Waals surface area (Å²) in [6.07, 6.45) is 1.77. The number of hydrogen-bond donors (Lipinski definition) is 1. The van der Waals surface area contributed by atoms with Gasteiger partial charge in [-0.15, -0.1) is 0 Å². The van der Waals surface area contributed by atoms with Gasteiger partial charge in [0, 0.05) is 19.6 Å². The predicted molar refractivity (Wildman–Crippen MR) is 100 cm³/mol. The van der Waals surface area contributed by atoms with E-state index in [-0.39, 0.29) is 23.9 Å². The van der Waals surface area contributed by atoms with E-state index in [0.717, 1.165) is 32.5 Å². The van der Waals surface area contributed by atoms with Gasteiger partial charge in [0.15, 0.2) is 0 Å². The number of rotatable bonds is 3. The molecule has 5 nitrogen and oxygen atoms in total. The Bertz CT molecular complexity index is 770. The zero-order valence-electron chi connectivity index (χ0n) is 14.8. The van der Waals surface area contributed by atoms with Gasteiger partial charge < -0.3 is 14.7 Å². The minimum absolute atomic E-state index is 0.0764. The second kappa shape index (κ2) is 7.09. The number of piperidine rings is 1. The summed E-state index contributed by atoms with van der Waals surface area (Å²) in [5.41, 5.74) is 1.58. The highest BCUT2D eigenvalue weighted by molar-refractivity contribution is 5.96. The van der Waals surface area contributed by atoms with Gasteiger partial charge in [-0.05, 0) is 30.5 Å². The van der Waals surface area contributed by atoms with Crippen molar-refractivity contribution in [3.63, 3.8) is 0 Å². The normalized spacial score (nSPS) is 20.5. The second-order valence-corrected chi connectivity index (χ2v) is 7.20. The lowest BCUT2D eigenvalue weighted by Crippen LogP contribution is -2.58. The first kappa shape index (κ1) is 17.1. The fraction of sp³-hybridized carbons (Fsp3) is 0.381. The average Bonchev–Trinajstić information content (AvgIpc) is 2.67. The SMILES string of the molecule is O=C1COC2(CCN(Cc3ccccc3)CC2)CN1c1ccccc1O. The van der Waals surface area contributed by atoms with Gasteiger partial charge in [-0.25, -0.2) is 0 Å². The third kappa shape index (κ3) is 3.45. The lowest BCUT2D eigenvalue weighted by molar-refractivity contribution is -0.145. The summed E-state index contributed by atoms with van der Waals surface area (Å²) in [5, 5.41) is 10.1. The molecule has 26 heavy (non-hydrogen) atoms. The van der Waals surface area contributed by atoms with Crippen LogP contribution in [0.1, 0.15) is 18.4 Å². The Morgan fingerprint density at radius 1 is 1.00 bits per heavy atom. The number of ether oxygens (including phenoxy) is 1. The molecule has 0 aromatic heterocycles. The lowest BCUT2D eigenvalue weighted by Gasteiger charge is -2.47. The zero-order chi connectivity index (χ0) is 18.0. The van der Waals surface area contributed by atoms with E-state index in [9.17, 15) is 9.90 Å².